The van der Waals surface area contributed by atoms with Crippen LogP contribution in [0.4, 0.5) is 11.6 Å². The lowest BCUT2D eigenvalue weighted by Gasteiger charge is -2.18. The minimum absolute atomic E-state index is 0.880. The molecule has 0 radical (unpaired) electrons. The molecule has 0 aliphatic carbocycles. The van der Waals surface area contributed by atoms with Crippen LogP contribution in [0, 0.1) is 6.92 Å². The number of rotatable bonds is 7. The maximum atomic E-state index is 4.25. The SMILES string of the molecule is CCN(CC)CCNc1ncnc(NC)c1C. The van der Waals surface area contributed by atoms with Crippen molar-refractivity contribution < 1.29 is 0 Å². The molecule has 1 heterocycles. The first-order valence-corrected chi connectivity index (χ1v) is 6.18. The minimum atomic E-state index is 0.880. The monoisotopic (exact) mass is 237 g/mol. The molecule has 0 atom stereocenters. The molecule has 0 aromatic carbocycles. The largest absolute Gasteiger partial charge is 0.373 e. The number of nitrogens with one attached hydrogen (secondary N) is 2. The van der Waals surface area contributed by atoms with Crippen molar-refractivity contribution >= 4 is 11.6 Å². The number of aromatic nitrogens is 2. The van der Waals surface area contributed by atoms with Crippen molar-refractivity contribution in [2.75, 3.05) is 43.9 Å². The molecule has 1 rings (SSSR count). The zero-order chi connectivity index (χ0) is 12.7. The van der Waals surface area contributed by atoms with E-state index in [0.717, 1.165) is 43.4 Å². The van der Waals surface area contributed by atoms with Crippen molar-refractivity contribution in [2.45, 2.75) is 20.8 Å². The van der Waals surface area contributed by atoms with Gasteiger partial charge in [0.1, 0.15) is 18.0 Å². The first-order valence-electron chi connectivity index (χ1n) is 6.18. The van der Waals surface area contributed by atoms with Crippen LogP contribution in [0.5, 0.6) is 0 Å². The van der Waals surface area contributed by atoms with Gasteiger partial charge in [0.05, 0.1) is 0 Å². The van der Waals surface area contributed by atoms with E-state index in [1.54, 1.807) is 6.33 Å². The van der Waals surface area contributed by atoms with Gasteiger partial charge in [-0.1, -0.05) is 13.8 Å². The van der Waals surface area contributed by atoms with Crippen LogP contribution in [0.1, 0.15) is 19.4 Å². The summed E-state index contributed by atoms with van der Waals surface area (Å²) in [7, 11) is 1.87. The van der Waals surface area contributed by atoms with Crippen LogP contribution in [-0.4, -0.2) is 48.1 Å². The van der Waals surface area contributed by atoms with Crippen LogP contribution < -0.4 is 10.6 Å². The third kappa shape index (κ3) is 3.85. The fraction of sp³-hybridized carbons (Fsp3) is 0.667. The summed E-state index contributed by atoms with van der Waals surface area (Å²) >= 11 is 0. The van der Waals surface area contributed by atoms with Gasteiger partial charge in [0.2, 0.25) is 0 Å². The average Bonchev–Trinajstić information content (AvgIpc) is 2.36. The fourth-order valence-electron chi connectivity index (χ4n) is 1.75. The third-order valence-electron chi connectivity index (χ3n) is 2.94. The fourth-order valence-corrected chi connectivity index (χ4v) is 1.75. The molecule has 0 aliphatic rings. The van der Waals surface area contributed by atoms with E-state index in [2.05, 4.69) is 39.3 Å². The number of hydrogen-bond acceptors (Lipinski definition) is 5. The zero-order valence-corrected chi connectivity index (χ0v) is 11.2. The quantitative estimate of drug-likeness (QED) is 0.754. The summed E-state index contributed by atoms with van der Waals surface area (Å²) in [5.41, 5.74) is 1.06. The Kier molecular flexibility index (Phi) is 5.69. The molecule has 5 heteroatoms. The van der Waals surface area contributed by atoms with Crippen LogP contribution in [0.3, 0.4) is 0 Å². The highest BCUT2D eigenvalue weighted by Gasteiger charge is 2.05. The van der Waals surface area contributed by atoms with Gasteiger partial charge in [0.25, 0.3) is 0 Å². The lowest BCUT2D eigenvalue weighted by molar-refractivity contribution is 0.316. The molecule has 0 fully saturated rings. The Morgan fingerprint density at radius 3 is 2.41 bits per heavy atom. The van der Waals surface area contributed by atoms with Crippen molar-refractivity contribution in [2.24, 2.45) is 0 Å². The molecule has 0 amide bonds. The van der Waals surface area contributed by atoms with E-state index >= 15 is 0 Å². The molecule has 0 spiro atoms. The standard InChI is InChI=1S/C12H23N5/c1-5-17(6-2)8-7-14-12-10(3)11(13-4)15-9-16-12/h9H,5-8H2,1-4H3,(H2,13,14,15,16). The normalized spacial score (nSPS) is 10.6. The Hall–Kier alpha value is -1.36. The number of anilines is 2. The molecule has 17 heavy (non-hydrogen) atoms. The molecule has 1 aromatic rings. The Morgan fingerprint density at radius 1 is 1.18 bits per heavy atom. The minimum Gasteiger partial charge on any atom is -0.373 e. The number of likely N-dealkylation sites (N-methyl/N-ethyl adjacent to an activating group) is 1. The van der Waals surface area contributed by atoms with Crippen molar-refractivity contribution in [3.8, 4) is 0 Å². The zero-order valence-electron chi connectivity index (χ0n) is 11.2. The van der Waals surface area contributed by atoms with E-state index in [4.69, 9.17) is 0 Å². The molecule has 0 aliphatic heterocycles. The Bertz CT molecular complexity index is 336. The van der Waals surface area contributed by atoms with Crippen LogP contribution in [0.15, 0.2) is 6.33 Å². The summed E-state index contributed by atoms with van der Waals surface area (Å²) in [6, 6.07) is 0. The van der Waals surface area contributed by atoms with Gasteiger partial charge in [-0.05, 0) is 20.0 Å². The molecule has 5 nitrogen and oxygen atoms in total. The topological polar surface area (TPSA) is 53.1 Å². The van der Waals surface area contributed by atoms with Crippen LogP contribution in [-0.2, 0) is 0 Å². The average molecular weight is 237 g/mol. The Balaban J connectivity index is 2.52. The van der Waals surface area contributed by atoms with Gasteiger partial charge < -0.3 is 15.5 Å². The summed E-state index contributed by atoms with van der Waals surface area (Å²) in [4.78, 5) is 10.8. The predicted octanol–water partition coefficient (Wildman–Crippen LogP) is 1.58. The van der Waals surface area contributed by atoms with E-state index < -0.39 is 0 Å². The highest BCUT2D eigenvalue weighted by molar-refractivity contribution is 5.55. The first-order chi connectivity index (χ1) is 8.22. The first kappa shape index (κ1) is 13.7. The molecule has 0 bridgehead atoms. The molecule has 0 saturated carbocycles. The van der Waals surface area contributed by atoms with Gasteiger partial charge in [0, 0.05) is 25.7 Å². The summed E-state index contributed by atoms with van der Waals surface area (Å²) in [5, 5.41) is 6.41. The third-order valence-corrected chi connectivity index (χ3v) is 2.94. The van der Waals surface area contributed by atoms with Gasteiger partial charge in [0.15, 0.2) is 0 Å². The van der Waals surface area contributed by atoms with Crippen LogP contribution in [0.25, 0.3) is 0 Å². The van der Waals surface area contributed by atoms with Gasteiger partial charge in [-0.3, -0.25) is 0 Å². The van der Waals surface area contributed by atoms with Gasteiger partial charge in [-0.2, -0.15) is 0 Å². The maximum absolute atomic E-state index is 4.25. The van der Waals surface area contributed by atoms with E-state index in [1.807, 2.05) is 14.0 Å². The van der Waals surface area contributed by atoms with Gasteiger partial charge in [-0.25, -0.2) is 9.97 Å². The maximum Gasteiger partial charge on any atom is 0.134 e. The lowest BCUT2D eigenvalue weighted by Crippen LogP contribution is -2.29. The second kappa shape index (κ2) is 7.06. The molecular formula is C12H23N5. The Morgan fingerprint density at radius 2 is 1.82 bits per heavy atom. The number of nitrogens with zero attached hydrogens (tertiary/aromatic N) is 3. The molecular weight excluding hydrogens is 214 g/mol. The van der Waals surface area contributed by atoms with Crippen LogP contribution in [0.2, 0.25) is 0 Å². The second-order valence-electron chi connectivity index (χ2n) is 3.90. The highest BCUT2D eigenvalue weighted by Crippen LogP contribution is 2.16. The molecule has 2 N–H and O–H groups in total. The highest BCUT2D eigenvalue weighted by atomic mass is 15.1. The van der Waals surface area contributed by atoms with Crippen molar-refractivity contribution in [1.29, 1.82) is 0 Å². The summed E-state index contributed by atoms with van der Waals surface area (Å²) in [6.45, 7) is 10.5. The summed E-state index contributed by atoms with van der Waals surface area (Å²) < 4.78 is 0. The second-order valence-corrected chi connectivity index (χ2v) is 3.90. The Labute approximate surface area is 104 Å². The van der Waals surface area contributed by atoms with E-state index in [1.165, 1.54) is 0 Å². The summed E-state index contributed by atoms with van der Waals surface area (Å²) in [5.74, 6) is 1.79. The van der Waals surface area contributed by atoms with E-state index in [-0.39, 0.29) is 0 Å². The molecule has 0 saturated heterocycles. The predicted molar refractivity (Wildman–Crippen MR) is 72.6 cm³/mol. The van der Waals surface area contributed by atoms with Crippen molar-refractivity contribution in [3.63, 3.8) is 0 Å². The number of hydrogen-bond donors (Lipinski definition) is 2. The molecule has 96 valence electrons. The summed E-state index contributed by atoms with van der Waals surface area (Å²) in [6.07, 6.45) is 1.58. The van der Waals surface area contributed by atoms with Gasteiger partial charge in [-0.15, -0.1) is 0 Å². The van der Waals surface area contributed by atoms with E-state index in [9.17, 15) is 0 Å². The molecule has 1 aromatic heterocycles. The van der Waals surface area contributed by atoms with Crippen molar-refractivity contribution in [3.05, 3.63) is 11.9 Å². The van der Waals surface area contributed by atoms with Crippen molar-refractivity contribution in [1.82, 2.24) is 14.9 Å². The molecule has 0 unspecified atom stereocenters. The smallest absolute Gasteiger partial charge is 0.134 e. The van der Waals surface area contributed by atoms with E-state index in [0.29, 0.717) is 0 Å². The lowest BCUT2D eigenvalue weighted by atomic mass is 10.3. The van der Waals surface area contributed by atoms with Gasteiger partial charge >= 0.3 is 0 Å². The van der Waals surface area contributed by atoms with Crippen LogP contribution >= 0.6 is 0 Å².